The summed E-state index contributed by atoms with van der Waals surface area (Å²) in [6.07, 6.45) is 2.63. The van der Waals surface area contributed by atoms with Crippen molar-refractivity contribution in [3.63, 3.8) is 0 Å². The lowest BCUT2D eigenvalue weighted by Crippen LogP contribution is -2.48. The van der Waals surface area contributed by atoms with Crippen molar-refractivity contribution in [3.8, 4) is 0 Å². The van der Waals surface area contributed by atoms with Gasteiger partial charge in [0.2, 0.25) is 0 Å². The fourth-order valence-electron chi connectivity index (χ4n) is 3.42. The third-order valence-corrected chi connectivity index (χ3v) is 6.08. The number of aromatic nitrogens is 1. The summed E-state index contributed by atoms with van der Waals surface area (Å²) in [7, 11) is 0. The van der Waals surface area contributed by atoms with Gasteiger partial charge in [0.1, 0.15) is 5.82 Å². The molecule has 0 saturated carbocycles. The van der Waals surface area contributed by atoms with Crippen LogP contribution in [0.1, 0.15) is 18.1 Å². The molecule has 2 amide bonds. The number of benzene rings is 1. The number of carbonyl (C=O) groups excluding carboxylic acids is 1. The number of nitrogens with zero attached hydrogens (tertiary/aromatic N) is 4. The molecule has 0 bridgehead atoms. The summed E-state index contributed by atoms with van der Waals surface area (Å²) in [5.74, 6) is -0.312. The molecular weight excluding hydrogens is 379 g/mol. The highest BCUT2D eigenvalue weighted by atomic mass is 32.2. The molecule has 3 heterocycles. The molecule has 0 radical (unpaired) electrons. The van der Waals surface area contributed by atoms with Crippen molar-refractivity contribution < 1.29 is 14.3 Å². The Balaban J connectivity index is 1.49. The van der Waals surface area contributed by atoms with E-state index in [1.165, 1.54) is 28.8 Å². The van der Waals surface area contributed by atoms with Crippen LogP contribution in [-0.4, -0.2) is 49.1 Å². The van der Waals surface area contributed by atoms with Crippen LogP contribution in [0.25, 0.3) is 0 Å². The predicted molar refractivity (Wildman–Crippen MR) is 105 cm³/mol. The number of aliphatic hydroxyl groups is 1. The smallest absolute Gasteiger partial charge is 0.324 e. The summed E-state index contributed by atoms with van der Waals surface area (Å²) >= 11 is 1.51. The molecule has 1 N–H and O–H groups in total. The van der Waals surface area contributed by atoms with Crippen molar-refractivity contribution in [1.82, 2.24) is 19.7 Å². The number of rotatable bonds is 5. The van der Waals surface area contributed by atoms with E-state index in [-0.39, 0.29) is 23.9 Å². The van der Waals surface area contributed by atoms with E-state index in [9.17, 15) is 14.3 Å². The lowest BCUT2D eigenvalue weighted by atomic mass is 10.2. The lowest BCUT2D eigenvalue weighted by molar-refractivity contribution is 0.0227. The Kier molecular flexibility index (Phi) is 5.23. The van der Waals surface area contributed by atoms with E-state index in [4.69, 9.17) is 0 Å². The highest BCUT2D eigenvalue weighted by Gasteiger charge is 2.44. The van der Waals surface area contributed by atoms with Crippen LogP contribution in [0, 0.1) is 5.82 Å². The molecule has 2 aliphatic heterocycles. The number of hydrogen-bond acceptors (Lipinski definition) is 5. The third-order valence-electron chi connectivity index (χ3n) is 4.88. The van der Waals surface area contributed by atoms with E-state index in [1.807, 2.05) is 24.5 Å². The Labute approximate surface area is 167 Å². The van der Waals surface area contributed by atoms with Crippen LogP contribution in [0.4, 0.5) is 9.18 Å². The van der Waals surface area contributed by atoms with Crippen LogP contribution in [-0.2, 0) is 13.1 Å². The minimum absolute atomic E-state index is 0.215. The predicted octanol–water partition coefficient (Wildman–Crippen LogP) is 3.17. The zero-order chi connectivity index (χ0) is 19.7. The average molecular weight is 400 g/mol. The molecular formula is C20H21FN4O2S. The number of halogens is 1. The van der Waals surface area contributed by atoms with Gasteiger partial charge in [-0.15, -0.1) is 0 Å². The van der Waals surface area contributed by atoms with Crippen molar-refractivity contribution in [2.75, 3.05) is 6.54 Å². The van der Waals surface area contributed by atoms with Gasteiger partial charge < -0.3 is 14.9 Å². The second-order valence-electron chi connectivity index (χ2n) is 6.89. The van der Waals surface area contributed by atoms with Gasteiger partial charge in [-0.05, 0) is 41.7 Å². The van der Waals surface area contributed by atoms with Crippen LogP contribution in [0.3, 0.4) is 0 Å². The normalized spacial score (nSPS) is 22.2. The van der Waals surface area contributed by atoms with E-state index in [1.54, 1.807) is 29.4 Å². The van der Waals surface area contributed by atoms with Gasteiger partial charge in [0.25, 0.3) is 0 Å². The zero-order valence-electron chi connectivity index (χ0n) is 15.4. The maximum absolute atomic E-state index is 13.1. The van der Waals surface area contributed by atoms with Gasteiger partial charge in [-0.1, -0.05) is 30.0 Å². The minimum atomic E-state index is -0.902. The highest BCUT2D eigenvalue weighted by Crippen LogP contribution is 2.37. The third kappa shape index (κ3) is 3.70. The summed E-state index contributed by atoms with van der Waals surface area (Å²) < 4.78 is 13.1. The molecule has 1 aromatic carbocycles. The minimum Gasteiger partial charge on any atom is -0.371 e. The molecule has 8 heteroatoms. The number of hydrogen-bond donors (Lipinski definition) is 1. The van der Waals surface area contributed by atoms with Crippen LogP contribution in [0.15, 0.2) is 59.9 Å². The number of carbonyl (C=O) groups is 1. The molecule has 2 unspecified atom stereocenters. The molecule has 2 atom stereocenters. The molecule has 2 aromatic rings. The van der Waals surface area contributed by atoms with Crippen LogP contribution in [0.5, 0.6) is 0 Å². The van der Waals surface area contributed by atoms with Gasteiger partial charge in [-0.3, -0.25) is 9.88 Å². The van der Waals surface area contributed by atoms with E-state index < -0.39 is 6.23 Å². The maximum atomic E-state index is 13.1. The molecule has 0 spiro atoms. The van der Waals surface area contributed by atoms with Gasteiger partial charge in [-0.25, -0.2) is 9.18 Å². The fraction of sp³-hybridized carbons (Fsp3) is 0.300. The topological polar surface area (TPSA) is 59.9 Å². The zero-order valence-corrected chi connectivity index (χ0v) is 16.2. The molecule has 1 aromatic heterocycles. The summed E-state index contributed by atoms with van der Waals surface area (Å²) in [4.78, 5) is 22.4. The summed E-state index contributed by atoms with van der Waals surface area (Å²) in [5, 5.41) is 12.6. The van der Waals surface area contributed by atoms with Crippen molar-refractivity contribution in [1.29, 1.82) is 0 Å². The first-order chi connectivity index (χ1) is 13.5. The number of aliphatic hydroxyl groups excluding tert-OH is 1. The fourth-order valence-corrected chi connectivity index (χ4v) is 4.62. The number of pyridine rings is 1. The molecule has 28 heavy (non-hydrogen) atoms. The Hall–Kier alpha value is -2.58. The molecule has 2 aliphatic rings. The molecule has 6 nitrogen and oxygen atoms in total. The van der Waals surface area contributed by atoms with Crippen molar-refractivity contribution in [2.45, 2.75) is 31.7 Å². The van der Waals surface area contributed by atoms with Gasteiger partial charge in [0.05, 0.1) is 6.54 Å². The Morgan fingerprint density at radius 3 is 2.71 bits per heavy atom. The largest absolute Gasteiger partial charge is 0.371 e. The van der Waals surface area contributed by atoms with Gasteiger partial charge in [-0.2, -0.15) is 0 Å². The Morgan fingerprint density at radius 1 is 1.21 bits per heavy atom. The number of allylic oxidation sites excluding steroid dienone is 1. The van der Waals surface area contributed by atoms with E-state index in [0.29, 0.717) is 13.1 Å². The number of β-amino-alcohol motifs (C(OH)–C–C–N with tert-alkyl or cyclic N) is 1. The van der Waals surface area contributed by atoms with E-state index in [2.05, 4.69) is 9.88 Å². The molecule has 146 valence electrons. The quantitative estimate of drug-likeness (QED) is 0.835. The van der Waals surface area contributed by atoms with Gasteiger partial charge in [0, 0.05) is 31.2 Å². The Morgan fingerprint density at radius 2 is 2.00 bits per heavy atom. The van der Waals surface area contributed by atoms with Crippen LogP contribution in [0.2, 0.25) is 0 Å². The van der Waals surface area contributed by atoms with Gasteiger partial charge >= 0.3 is 6.03 Å². The summed E-state index contributed by atoms with van der Waals surface area (Å²) in [6.45, 7) is 3.14. The first-order valence-corrected chi connectivity index (χ1v) is 9.95. The molecule has 1 fully saturated rings. The average Bonchev–Trinajstić information content (AvgIpc) is 3.17. The summed E-state index contributed by atoms with van der Waals surface area (Å²) in [5.41, 5.74) is 2.58. The van der Waals surface area contributed by atoms with Crippen LogP contribution >= 0.6 is 11.8 Å². The summed E-state index contributed by atoms with van der Waals surface area (Å²) in [6, 6.07) is 9.70. The van der Waals surface area contributed by atoms with Gasteiger partial charge in [0.15, 0.2) is 11.7 Å². The van der Waals surface area contributed by atoms with Crippen LogP contribution < -0.4 is 0 Å². The first kappa shape index (κ1) is 18.8. The Bertz CT molecular complexity index is 878. The van der Waals surface area contributed by atoms with Crippen molar-refractivity contribution >= 4 is 17.8 Å². The number of thioether (sulfide) groups is 1. The number of urea groups is 1. The monoisotopic (exact) mass is 400 g/mol. The van der Waals surface area contributed by atoms with E-state index >= 15 is 0 Å². The lowest BCUT2D eigenvalue weighted by Gasteiger charge is -2.35. The highest BCUT2D eigenvalue weighted by molar-refractivity contribution is 8.02. The second kappa shape index (κ2) is 7.81. The van der Waals surface area contributed by atoms with Crippen molar-refractivity contribution in [3.05, 3.63) is 76.8 Å². The SMILES string of the molecule is CC1=CSC(N2C(=O)N(Cc3ccc(F)cc3)CC2O)N1Cc1cccnc1. The number of amides is 2. The molecule has 1 saturated heterocycles. The maximum Gasteiger partial charge on any atom is 0.324 e. The molecule has 0 aliphatic carbocycles. The van der Waals surface area contributed by atoms with Crippen molar-refractivity contribution in [2.24, 2.45) is 0 Å². The standard InChI is InChI=1S/C20H21FN4O2S/c1-14-13-28-20(24(14)11-16-3-2-8-22-9-16)25-18(26)12-23(19(25)27)10-15-4-6-17(21)7-5-15/h2-9,13,18,20,26H,10-12H2,1H3. The molecule has 4 rings (SSSR count). The van der Waals surface area contributed by atoms with E-state index in [0.717, 1.165) is 16.8 Å². The second-order valence-corrected chi connectivity index (χ2v) is 7.82. The first-order valence-electron chi connectivity index (χ1n) is 9.00.